The average molecular weight is 447 g/mol. The molecule has 7 heteroatoms. The van der Waals surface area contributed by atoms with Crippen LogP contribution >= 0.6 is 0 Å². The Hall–Kier alpha value is -2.54. The summed E-state index contributed by atoms with van der Waals surface area (Å²) < 4.78 is 31.8. The van der Waals surface area contributed by atoms with Crippen LogP contribution in [0.25, 0.3) is 0 Å². The zero-order valence-electron chi connectivity index (χ0n) is 19.3. The molecule has 0 aliphatic carbocycles. The molecule has 1 amide bonds. The molecule has 0 saturated heterocycles. The van der Waals surface area contributed by atoms with Gasteiger partial charge in [0, 0.05) is 0 Å². The van der Waals surface area contributed by atoms with Crippen molar-refractivity contribution in [1.82, 2.24) is 5.32 Å². The molecule has 0 aliphatic rings. The molecule has 0 spiro atoms. The molecule has 2 atom stereocenters. The molecule has 0 fully saturated rings. The molecule has 2 rings (SSSR count). The van der Waals surface area contributed by atoms with E-state index in [4.69, 9.17) is 4.74 Å². The van der Waals surface area contributed by atoms with E-state index < -0.39 is 16.1 Å². The highest BCUT2D eigenvalue weighted by Gasteiger charge is 2.32. The minimum absolute atomic E-state index is 0.230. The molecule has 6 nitrogen and oxygen atoms in total. The van der Waals surface area contributed by atoms with E-state index in [1.54, 1.807) is 25.3 Å². The number of carbonyl (C=O) groups excluding carboxylic acids is 1. The number of carbonyl (C=O) groups is 1. The summed E-state index contributed by atoms with van der Waals surface area (Å²) in [5, 5.41) is 3.10. The van der Waals surface area contributed by atoms with Gasteiger partial charge in [-0.1, -0.05) is 45.0 Å². The van der Waals surface area contributed by atoms with E-state index in [0.29, 0.717) is 18.0 Å². The van der Waals surface area contributed by atoms with E-state index in [2.05, 4.69) is 19.2 Å². The summed E-state index contributed by atoms with van der Waals surface area (Å²) in [5.41, 5.74) is 2.38. The lowest BCUT2D eigenvalue weighted by atomic mass is 9.96. The normalized spacial score (nSPS) is 13.5. The van der Waals surface area contributed by atoms with Gasteiger partial charge in [-0.05, 0) is 61.1 Å². The second kappa shape index (κ2) is 10.7. The number of aryl methyl sites for hydroxylation is 1. The van der Waals surface area contributed by atoms with Gasteiger partial charge >= 0.3 is 0 Å². The summed E-state index contributed by atoms with van der Waals surface area (Å²) in [5.74, 6) is 0.777. The van der Waals surface area contributed by atoms with Crippen LogP contribution in [0.15, 0.2) is 48.5 Å². The Balaban J connectivity index is 2.37. The maximum absolute atomic E-state index is 13.4. The number of amides is 1. The standard InChI is InChI=1S/C24H34N2O4S/c1-7-23(26(31(6,28)29)20-10-8-9-18(4)16-20)24(27)25-22(15-17(2)3)19-11-13-21(30-5)14-12-19/h8-14,16-17,22-23H,7,15H2,1-6H3,(H,25,27)/t22-,23-/m0/s1. The summed E-state index contributed by atoms with van der Waals surface area (Å²) in [6.07, 6.45) is 2.22. The lowest BCUT2D eigenvalue weighted by Crippen LogP contribution is -2.50. The van der Waals surface area contributed by atoms with E-state index in [-0.39, 0.29) is 11.9 Å². The molecule has 0 saturated carbocycles. The quantitative estimate of drug-likeness (QED) is 0.585. The largest absolute Gasteiger partial charge is 0.497 e. The van der Waals surface area contributed by atoms with Gasteiger partial charge in [-0.25, -0.2) is 8.42 Å². The van der Waals surface area contributed by atoms with Gasteiger partial charge in [0.2, 0.25) is 15.9 Å². The summed E-state index contributed by atoms with van der Waals surface area (Å²) in [6, 6.07) is 13.7. The third kappa shape index (κ3) is 6.72. The van der Waals surface area contributed by atoms with Crippen LogP contribution in [0.1, 0.15) is 50.8 Å². The topological polar surface area (TPSA) is 75.7 Å². The Morgan fingerprint density at radius 2 is 1.77 bits per heavy atom. The van der Waals surface area contributed by atoms with Crippen molar-refractivity contribution in [2.24, 2.45) is 5.92 Å². The van der Waals surface area contributed by atoms with Gasteiger partial charge in [0.05, 0.1) is 25.1 Å². The molecule has 0 unspecified atom stereocenters. The SMILES string of the molecule is CC[C@@H](C(=O)N[C@@H](CC(C)C)c1ccc(OC)cc1)N(c1cccc(C)c1)S(C)(=O)=O. The Kier molecular flexibility index (Phi) is 8.51. The maximum Gasteiger partial charge on any atom is 0.244 e. The molecule has 0 aromatic heterocycles. The third-order valence-electron chi connectivity index (χ3n) is 5.13. The second-order valence-electron chi connectivity index (χ2n) is 8.29. The molecular weight excluding hydrogens is 412 g/mol. The van der Waals surface area contributed by atoms with E-state index in [9.17, 15) is 13.2 Å². The predicted octanol–water partition coefficient (Wildman–Crippen LogP) is 4.45. The van der Waals surface area contributed by atoms with Crippen LogP contribution in [0, 0.1) is 12.8 Å². The van der Waals surface area contributed by atoms with Crippen molar-refractivity contribution in [2.75, 3.05) is 17.7 Å². The number of anilines is 1. The Bertz CT molecular complexity index is 971. The van der Waals surface area contributed by atoms with Crippen LogP contribution in [0.2, 0.25) is 0 Å². The number of ether oxygens (including phenoxy) is 1. The number of nitrogens with zero attached hydrogens (tertiary/aromatic N) is 1. The van der Waals surface area contributed by atoms with Gasteiger partial charge in [0.15, 0.2) is 0 Å². The zero-order valence-corrected chi connectivity index (χ0v) is 20.1. The lowest BCUT2D eigenvalue weighted by Gasteiger charge is -2.32. The molecule has 2 aromatic carbocycles. The summed E-state index contributed by atoms with van der Waals surface area (Å²) in [6.45, 7) is 7.90. The highest BCUT2D eigenvalue weighted by molar-refractivity contribution is 7.92. The van der Waals surface area contributed by atoms with Crippen molar-refractivity contribution in [3.8, 4) is 5.75 Å². The van der Waals surface area contributed by atoms with E-state index >= 15 is 0 Å². The van der Waals surface area contributed by atoms with Crippen molar-refractivity contribution in [3.05, 3.63) is 59.7 Å². The number of methoxy groups -OCH3 is 1. The summed E-state index contributed by atoms with van der Waals surface area (Å²) in [7, 11) is -2.06. The molecule has 0 heterocycles. The maximum atomic E-state index is 13.4. The van der Waals surface area contributed by atoms with Gasteiger partial charge in [0.1, 0.15) is 11.8 Å². The van der Waals surface area contributed by atoms with Crippen molar-refractivity contribution >= 4 is 21.6 Å². The molecule has 31 heavy (non-hydrogen) atoms. The van der Waals surface area contributed by atoms with Crippen LogP contribution < -0.4 is 14.4 Å². The summed E-state index contributed by atoms with van der Waals surface area (Å²) in [4.78, 5) is 13.4. The van der Waals surface area contributed by atoms with Crippen molar-refractivity contribution in [1.29, 1.82) is 0 Å². The average Bonchev–Trinajstić information content (AvgIpc) is 2.70. The summed E-state index contributed by atoms with van der Waals surface area (Å²) >= 11 is 0. The van der Waals surface area contributed by atoms with Crippen LogP contribution in [-0.2, 0) is 14.8 Å². The first-order chi connectivity index (χ1) is 14.6. The molecular formula is C24H34N2O4S. The number of rotatable bonds is 10. The van der Waals surface area contributed by atoms with Crippen molar-refractivity contribution in [2.45, 2.75) is 52.6 Å². The first-order valence-electron chi connectivity index (χ1n) is 10.6. The van der Waals surface area contributed by atoms with Crippen LogP contribution in [0.4, 0.5) is 5.69 Å². The smallest absolute Gasteiger partial charge is 0.244 e. The zero-order chi connectivity index (χ0) is 23.2. The Morgan fingerprint density at radius 3 is 2.26 bits per heavy atom. The lowest BCUT2D eigenvalue weighted by molar-refractivity contribution is -0.123. The third-order valence-corrected chi connectivity index (χ3v) is 6.31. The Labute approximate surface area is 186 Å². The molecule has 170 valence electrons. The molecule has 0 aliphatic heterocycles. The fourth-order valence-electron chi connectivity index (χ4n) is 3.68. The first kappa shape index (κ1) is 24.7. The van der Waals surface area contributed by atoms with Gasteiger partial charge in [-0.2, -0.15) is 0 Å². The van der Waals surface area contributed by atoms with Gasteiger partial charge in [-0.15, -0.1) is 0 Å². The van der Waals surface area contributed by atoms with Gasteiger partial charge < -0.3 is 10.1 Å². The fourth-order valence-corrected chi connectivity index (χ4v) is 4.88. The number of hydrogen-bond acceptors (Lipinski definition) is 4. The minimum atomic E-state index is -3.67. The molecule has 2 aromatic rings. The van der Waals surface area contributed by atoms with E-state index in [0.717, 1.165) is 29.6 Å². The number of benzene rings is 2. The monoisotopic (exact) mass is 446 g/mol. The second-order valence-corrected chi connectivity index (χ2v) is 10.1. The van der Waals surface area contributed by atoms with Crippen LogP contribution in [0.5, 0.6) is 5.75 Å². The number of nitrogens with one attached hydrogen (secondary N) is 1. The highest BCUT2D eigenvalue weighted by atomic mass is 32.2. The van der Waals surface area contributed by atoms with Crippen molar-refractivity contribution in [3.63, 3.8) is 0 Å². The van der Waals surface area contributed by atoms with Gasteiger partial charge in [-0.3, -0.25) is 9.10 Å². The fraction of sp³-hybridized carbons (Fsp3) is 0.458. The number of sulfonamides is 1. The molecule has 0 bridgehead atoms. The van der Waals surface area contributed by atoms with Crippen LogP contribution in [-0.4, -0.2) is 33.7 Å². The van der Waals surface area contributed by atoms with E-state index in [1.807, 2.05) is 44.2 Å². The number of hydrogen-bond donors (Lipinski definition) is 1. The van der Waals surface area contributed by atoms with Crippen molar-refractivity contribution < 1.29 is 17.9 Å². The van der Waals surface area contributed by atoms with Crippen LogP contribution in [0.3, 0.4) is 0 Å². The molecule has 0 radical (unpaired) electrons. The predicted molar refractivity (Wildman–Crippen MR) is 126 cm³/mol. The van der Waals surface area contributed by atoms with E-state index in [1.165, 1.54) is 4.31 Å². The Morgan fingerprint density at radius 1 is 1.13 bits per heavy atom. The molecule has 1 N–H and O–H groups in total. The highest BCUT2D eigenvalue weighted by Crippen LogP contribution is 2.27. The minimum Gasteiger partial charge on any atom is -0.497 e. The van der Waals surface area contributed by atoms with Gasteiger partial charge in [0.25, 0.3) is 0 Å². The first-order valence-corrected chi connectivity index (χ1v) is 12.4.